The van der Waals surface area contributed by atoms with Crippen LogP contribution in [0.1, 0.15) is 45.4 Å². The fourth-order valence-electron chi connectivity index (χ4n) is 3.28. The fraction of sp³-hybridized carbons (Fsp3) is 0.737. The molecule has 5 heteroatoms. The molecule has 0 radical (unpaired) electrons. The number of thioether (sulfide) groups is 1. The predicted octanol–water partition coefficient (Wildman–Crippen LogP) is 4.56. The van der Waals surface area contributed by atoms with Gasteiger partial charge in [-0.2, -0.15) is 0 Å². The van der Waals surface area contributed by atoms with Crippen molar-refractivity contribution in [2.75, 3.05) is 19.0 Å². The van der Waals surface area contributed by atoms with E-state index in [1.807, 2.05) is 0 Å². The largest absolute Gasteiger partial charge is 0.381 e. The summed E-state index contributed by atoms with van der Waals surface area (Å²) in [5, 5.41) is 0.546. The number of fused-ring (bicyclic) bond motifs is 1. The molecule has 0 aromatic carbocycles. The Morgan fingerprint density at radius 2 is 2.33 bits per heavy atom. The van der Waals surface area contributed by atoms with Crippen LogP contribution in [0, 0.1) is 17.8 Å². The van der Waals surface area contributed by atoms with Crippen LogP contribution in [0.15, 0.2) is 23.1 Å². The van der Waals surface area contributed by atoms with Gasteiger partial charge in [0.2, 0.25) is 0 Å². The lowest BCUT2D eigenvalue weighted by atomic mass is 9.83. The molecule has 24 heavy (non-hydrogen) atoms. The summed E-state index contributed by atoms with van der Waals surface area (Å²) < 4.78 is 8.51. The van der Waals surface area contributed by atoms with Gasteiger partial charge in [0.25, 0.3) is 5.91 Å². The Kier molecular flexibility index (Phi) is 7.17. The van der Waals surface area contributed by atoms with E-state index in [2.05, 4.69) is 29.9 Å². The van der Waals surface area contributed by atoms with Crippen LogP contribution in [-0.4, -0.2) is 30.1 Å². The predicted molar refractivity (Wildman–Crippen MR) is 104 cm³/mol. The average Bonchev–Trinajstić information content (AvgIpc) is 2.97. The molecule has 1 amide bonds. The summed E-state index contributed by atoms with van der Waals surface area (Å²) >= 11 is 3.28. The Morgan fingerprint density at radius 3 is 3.08 bits per heavy atom. The standard InChI is InChI=1S/C19H29NO2S2/c1-14(5-2-3-6-15-7-4-8-15)13-23-20-19(21)18-11-16-12-22-10-9-17(16)24-18/h2-3,11,14-17H,4-10,12-13H2,1H3,(H,20,21)/b3-2+/t14-,16?,17?/m0/s1. The monoisotopic (exact) mass is 367 g/mol. The first-order valence-electron chi connectivity index (χ1n) is 9.25. The molecule has 134 valence electrons. The highest BCUT2D eigenvalue weighted by atomic mass is 32.2. The zero-order chi connectivity index (χ0) is 16.8. The van der Waals surface area contributed by atoms with Crippen LogP contribution >= 0.6 is 23.7 Å². The van der Waals surface area contributed by atoms with Crippen molar-refractivity contribution in [2.45, 2.75) is 50.7 Å². The minimum atomic E-state index is 0.0760. The molecular formula is C19H29NO2S2. The Hall–Kier alpha value is -0.390. The number of hydrogen-bond donors (Lipinski definition) is 1. The minimum absolute atomic E-state index is 0.0760. The number of rotatable bonds is 8. The van der Waals surface area contributed by atoms with Crippen molar-refractivity contribution >= 4 is 29.6 Å². The van der Waals surface area contributed by atoms with Gasteiger partial charge in [-0.05, 0) is 43.0 Å². The van der Waals surface area contributed by atoms with Crippen molar-refractivity contribution in [1.29, 1.82) is 0 Å². The second-order valence-corrected chi connectivity index (χ2v) is 9.41. The van der Waals surface area contributed by atoms with Crippen LogP contribution in [0.3, 0.4) is 0 Å². The summed E-state index contributed by atoms with van der Waals surface area (Å²) in [6.07, 6.45) is 14.5. The van der Waals surface area contributed by atoms with E-state index in [9.17, 15) is 4.79 Å². The van der Waals surface area contributed by atoms with Crippen molar-refractivity contribution in [1.82, 2.24) is 4.72 Å². The van der Waals surface area contributed by atoms with Gasteiger partial charge < -0.3 is 4.74 Å². The summed E-state index contributed by atoms with van der Waals surface area (Å²) in [6.45, 7) is 3.85. The lowest BCUT2D eigenvalue weighted by Gasteiger charge is -2.23. The van der Waals surface area contributed by atoms with Gasteiger partial charge in [0, 0.05) is 23.5 Å². The van der Waals surface area contributed by atoms with Crippen LogP contribution in [0.5, 0.6) is 0 Å². The fourth-order valence-corrected chi connectivity index (χ4v) is 5.37. The van der Waals surface area contributed by atoms with Crippen molar-refractivity contribution < 1.29 is 9.53 Å². The molecule has 3 rings (SSSR count). The third-order valence-corrected chi connectivity index (χ3v) is 7.66. The zero-order valence-corrected chi connectivity index (χ0v) is 16.2. The van der Waals surface area contributed by atoms with Crippen LogP contribution in [0.4, 0.5) is 0 Å². The maximum Gasteiger partial charge on any atom is 0.267 e. The van der Waals surface area contributed by atoms with Gasteiger partial charge in [-0.25, -0.2) is 0 Å². The molecule has 2 unspecified atom stereocenters. The van der Waals surface area contributed by atoms with E-state index in [0.717, 1.165) is 42.6 Å². The second-order valence-electron chi connectivity index (χ2n) is 7.30. The number of nitrogens with one attached hydrogen (secondary N) is 1. The summed E-state index contributed by atoms with van der Waals surface area (Å²) in [6, 6.07) is 0. The first kappa shape index (κ1) is 18.4. The molecule has 3 aliphatic rings. The van der Waals surface area contributed by atoms with Crippen molar-refractivity contribution in [3.63, 3.8) is 0 Å². The third kappa shape index (κ3) is 5.30. The highest BCUT2D eigenvalue weighted by Crippen LogP contribution is 2.40. The number of allylic oxidation sites excluding steroid dienone is 2. The Morgan fingerprint density at radius 1 is 1.46 bits per heavy atom. The molecular weight excluding hydrogens is 338 g/mol. The third-order valence-electron chi connectivity index (χ3n) is 5.13. The van der Waals surface area contributed by atoms with Crippen LogP contribution in [0.25, 0.3) is 0 Å². The number of amides is 1. The second kappa shape index (κ2) is 9.35. The Balaban J connectivity index is 1.28. The van der Waals surface area contributed by atoms with Gasteiger partial charge in [0.15, 0.2) is 0 Å². The van der Waals surface area contributed by atoms with Gasteiger partial charge in [-0.3, -0.25) is 9.52 Å². The molecule has 1 saturated heterocycles. The summed E-state index contributed by atoms with van der Waals surface area (Å²) in [5.41, 5.74) is 0. The quantitative estimate of drug-likeness (QED) is 0.504. The molecule has 1 N–H and O–H groups in total. The molecule has 0 aromatic rings. The van der Waals surface area contributed by atoms with Crippen molar-refractivity contribution in [2.24, 2.45) is 17.8 Å². The summed E-state index contributed by atoms with van der Waals surface area (Å²) in [5.74, 6) is 3.01. The number of ether oxygens (including phenoxy) is 1. The zero-order valence-electron chi connectivity index (χ0n) is 14.5. The molecule has 0 spiro atoms. The van der Waals surface area contributed by atoms with Crippen LogP contribution < -0.4 is 4.72 Å². The lowest BCUT2D eigenvalue weighted by molar-refractivity contribution is -0.115. The van der Waals surface area contributed by atoms with E-state index >= 15 is 0 Å². The highest BCUT2D eigenvalue weighted by Gasteiger charge is 2.33. The van der Waals surface area contributed by atoms with Gasteiger partial charge in [-0.15, -0.1) is 11.8 Å². The van der Waals surface area contributed by atoms with Gasteiger partial charge >= 0.3 is 0 Å². The normalized spacial score (nSPS) is 28.3. The van der Waals surface area contributed by atoms with Crippen molar-refractivity contribution in [3.05, 3.63) is 23.1 Å². The molecule has 3 nitrogen and oxygen atoms in total. The molecule has 0 aromatic heterocycles. The molecule has 1 saturated carbocycles. The number of hydrogen-bond acceptors (Lipinski definition) is 4. The Labute approximate surface area is 154 Å². The Bertz CT molecular complexity index is 488. The molecule has 0 bridgehead atoms. The molecule has 1 aliphatic carbocycles. The number of carbonyl (C=O) groups is 1. The first-order valence-corrected chi connectivity index (χ1v) is 11.1. The van der Waals surface area contributed by atoms with Crippen molar-refractivity contribution in [3.8, 4) is 0 Å². The summed E-state index contributed by atoms with van der Waals surface area (Å²) in [4.78, 5) is 13.2. The molecule has 2 fully saturated rings. The minimum Gasteiger partial charge on any atom is -0.381 e. The van der Waals surface area contributed by atoms with Crippen LogP contribution in [-0.2, 0) is 9.53 Å². The van der Waals surface area contributed by atoms with E-state index < -0.39 is 0 Å². The smallest absolute Gasteiger partial charge is 0.267 e. The van der Waals surface area contributed by atoms with E-state index in [1.165, 1.54) is 25.7 Å². The topological polar surface area (TPSA) is 38.3 Å². The van der Waals surface area contributed by atoms with Gasteiger partial charge in [0.05, 0.1) is 11.5 Å². The van der Waals surface area contributed by atoms with E-state index in [0.29, 0.717) is 17.1 Å². The summed E-state index contributed by atoms with van der Waals surface area (Å²) in [7, 11) is 0. The lowest BCUT2D eigenvalue weighted by Crippen LogP contribution is -2.25. The molecule has 3 atom stereocenters. The van der Waals surface area contributed by atoms with E-state index in [4.69, 9.17) is 4.74 Å². The van der Waals surface area contributed by atoms with E-state index in [1.54, 1.807) is 23.7 Å². The molecule has 2 aliphatic heterocycles. The SMILES string of the molecule is C[C@@H](C/C=C/CC1CCC1)CSNC(=O)C1=CC2COCCC2S1. The molecule has 2 heterocycles. The maximum atomic E-state index is 12.3. The highest BCUT2D eigenvalue weighted by molar-refractivity contribution is 8.05. The number of carbonyl (C=O) groups excluding carboxylic acids is 1. The maximum absolute atomic E-state index is 12.3. The average molecular weight is 368 g/mol. The van der Waals surface area contributed by atoms with Gasteiger partial charge in [-0.1, -0.05) is 44.4 Å². The van der Waals surface area contributed by atoms with E-state index in [-0.39, 0.29) is 5.91 Å². The first-order chi connectivity index (χ1) is 11.7. The van der Waals surface area contributed by atoms with Gasteiger partial charge in [0.1, 0.15) is 0 Å². The van der Waals surface area contributed by atoms with Crippen LogP contribution in [0.2, 0.25) is 0 Å².